The van der Waals surface area contributed by atoms with Gasteiger partial charge in [0.2, 0.25) is 5.89 Å². The Morgan fingerprint density at radius 2 is 2.05 bits per heavy atom. The molecule has 0 radical (unpaired) electrons. The van der Waals surface area contributed by atoms with Crippen molar-refractivity contribution >= 4 is 11.8 Å². The van der Waals surface area contributed by atoms with Crippen LogP contribution in [-0.4, -0.2) is 15.0 Å². The number of thioether (sulfide) groups is 1. The van der Waals surface area contributed by atoms with Gasteiger partial charge in [-0.2, -0.15) is 4.98 Å². The number of aromatic amines is 1. The Morgan fingerprint density at radius 3 is 2.65 bits per heavy atom. The van der Waals surface area contributed by atoms with Crippen molar-refractivity contribution in [1.29, 1.82) is 0 Å². The molecule has 1 unspecified atom stereocenters. The molecule has 1 atom stereocenters. The third kappa shape index (κ3) is 3.27. The maximum atomic E-state index is 13.5. The first-order chi connectivity index (χ1) is 9.27. The number of oxazole rings is 1. The molecule has 0 fully saturated rings. The summed E-state index contributed by atoms with van der Waals surface area (Å²) in [6.07, 6.45) is 2.59. The van der Waals surface area contributed by atoms with Crippen LogP contribution < -0.4 is 5.69 Å². The van der Waals surface area contributed by atoms with Crippen molar-refractivity contribution in [3.8, 4) is 0 Å². The maximum Gasteiger partial charge on any atom is 0.345 e. The maximum absolute atomic E-state index is 13.5. The van der Waals surface area contributed by atoms with E-state index in [0.717, 1.165) is 23.7 Å². The number of hydrogen-bond donors (Lipinski definition) is 1. The molecule has 0 aliphatic carbocycles. The Balaban J connectivity index is 2.20. The summed E-state index contributed by atoms with van der Waals surface area (Å²) in [5.41, 5.74) is -0.713. The van der Waals surface area contributed by atoms with Crippen LogP contribution >= 0.6 is 11.8 Å². The molecule has 1 N–H and O–H groups in total. The Hall–Kier alpha value is -1.63. The molecule has 0 spiro atoms. The summed E-state index contributed by atoms with van der Waals surface area (Å²) in [5, 5.41) is -0.0911. The summed E-state index contributed by atoms with van der Waals surface area (Å²) in [6.45, 7) is 7.90. The molecule has 108 valence electrons. The highest BCUT2D eigenvalue weighted by Crippen LogP contribution is 2.35. The minimum atomic E-state index is -0.580. The number of nitrogens with zero attached hydrogens (tertiary/aromatic N) is 2. The van der Waals surface area contributed by atoms with Crippen molar-refractivity contribution in [3.05, 3.63) is 40.3 Å². The van der Waals surface area contributed by atoms with E-state index in [-0.39, 0.29) is 15.7 Å². The molecule has 2 rings (SSSR count). The third-order valence-electron chi connectivity index (χ3n) is 2.64. The highest BCUT2D eigenvalue weighted by Gasteiger charge is 2.22. The summed E-state index contributed by atoms with van der Waals surface area (Å²) in [5.74, 6) is 0.699. The summed E-state index contributed by atoms with van der Waals surface area (Å²) in [4.78, 5) is 21.0. The van der Waals surface area contributed by atoms with E-state index < -0.39 is 11.5 Å². The summed E-state index contributed by atoms with van der Waals surface area (Å²) in [7, 11) is 0. The van der Waals surface area contributed by atoms with Gasteiger partial charge in [-0.25, -0.2) is 14.2 Å². The Labute approximate surface area is 120 Å². The van der Waals surface area contributed by atoms with E-state index >= 15 is 0 Å². The topological polar surface area (TPSA) is 71.8 Å². The fourth-order valence-corrected chi connectivity index (χ4v) is 2.37. The smallest absolute Gasteiger partial charge is 0.345 e. The third-order valence-corrected chi connectivity index (χ3v) is 3.73. The van der Waals surface area contributed by atoms with Crippen LogP contribution in [0.5, 0.6) is 0 Å². The van der Waals surface area contributed by atoms with E-state index in [1.807, 2.05) is 27.7 Å². The summed E-state index contributed by atoms with van der Waals surface area (Å²) < 4.78 is 19.2. The van der Waals surface area contributed by atoms with Gasteiger partial charge in [-0.05, 0) is 6.92 Å². The van der Waals surface area contributed by atoms with Crippen molar-refractivity contribution in [2.75, 3.05) is 0 Å². The van der Waals surface area contributed by atoms with Crippen LogP contribution in [0.2, 0.25) is 0 Å². The molecule has 0 aromatic carbocycles. The molecule has 7 heteroatoms. The highest BCUT2D eigenvalue weighted by atomic mass is 32.2. The van der Waals surface area contributed by atoms with Crippen molar-refractivity contribution in [1.82, 2.24) is 15.0 Å². The first kappa shape index (κ1) is 14.8. The van der Waals surface area contributed by atoms with Gasteiger partial charge < -0.3 is 4.42 Å². The van der Waals surface area contributed by atoms with Gasteiger partial charge in [0.15, 0.2) is 5.82 Å². The molecular formula is C13H16FN3O2S. The average Bonchev–Trinajstić information content (AvgIpc) is 2.83. The average molecular weight is 297 g/mol. The van der Waals surface area contributed by atoms with Crippen LogP contribution in [0.15, 0.2) is 26.6 Å². The molecule has 0 aliphatic rings. The Kier molecular flexibility index (Phi) is 3.99. The van der Waals surface area contributed by atoms with E-state index in [9.17, 15) is 9.18 Å². The summed E-state index contributed by atoms with van der Waals surface area (Å²) >= 11 is 1.13. The summed E-state index contributed by atoms with van der Waals surface area (Å²) in [6, 6.07) is 0. The number of hydrogen-bond acceptors (Lipinski definition) is 5. The lowest BCUT2D eigenvalue weighted by Gasteiger charge is -2.13. The number of nitrogens with one attached hydrogen (secondary N) is 1. The second kappa shape index (κ2) is 5.40. The van der Waals surface area contributed by atoms with Gasteiger partial charge in [0.05, 0.1) is 17.6 Å². The molecule has 20 heavy (non-hydrogen) atoms. The van der Waals surface area contributed by atoms with Gasteiger partial charge in [-0.3, -0.25) is 4.98 Å². The lowest BCUT2D eigenvalue weighted by molar-refractivity contribution is 0.383. The molecule has 0 aliphatic heterocycles. The molecule has 0 saturated heterocycles. The van der Waals surface area contributed by atoms with Gasteiger partial charge in [0, 0.05) is 5.41 Å². The van der Waals surface area contributed by atoms with Crippen LogP contribution in [0.4, 0.5) is 4.39 Å². The number of aromatic nitrogens is 3. The minimum absolute atomic E-state index is 0.132. The zero-order valence-electron chi connectivity index (χ0n) is 11.7. The lowest BCUT2D eigenvalue weighted by atomic mass is 9.94. The van der Waals surface area contributed by atoms with Crippen molar-refractivity contribution in [2.24, 2.45) is 0 Å². The second-order valence-electron chi connectivity index (χ2n) is 5.44. The first-order valence-electron chi connectivity index (χ1n) is 6.15. The molecule has 5 nitrogen and oxygen atoms in total. The standard InChI is InChI=1S/C13H16FN3O2S/c1-7(10-15-6-9(19-10)13(2,3)4)20-11-8(14)5-16-12(18)17-11/h5-7H,1-4H3,(H,16,17,18). The molecule has 0 saturated carbocycles. The lowest BCUT2D eigenvalue weighted by Crippen LogP contribution is -2.11. The zero-order valence-corrected chi connectivity index (χ0v) is 12.5. The predicted octanol–water partition coefficient (Wildman–Crippen LogP) is 3.05. The van der Waals surface area contributed by atoms with Gasteiger partial charge >= 0.3 is 5.69 Å². The molecule has 0 bridgehead atoms. The minimum Gasteiger partial charge on any atom is -0.444 e. The van der Waals surface area contributed by atoms with Crippen LogP contribution in [0.25, 0.3) is 0 Å². The number of halogens is 1. The van der Waals surface area contributed by atoms with Crippen LogP contribution in [-0.2, 0) is 5.41 Å². The largest absolute Gasteiger partial charge is 0.444 e. The van der Waals surface area contributed by atoms with E-state index in [1.54, 1.807) is 6.20 Å². The van der Waals surface area contributed by atoms with Crippen molar-refractivity contribution in [2.45, 2.75) is 43.4 Å². The Bertz CT molecular complexity index is 660. The van der Waals surface area contributed by atoms with E-state index in [2.05, 4.69) is 15.0 Å². The van der Waals surface area contributed by atoms with Crippen molar-refractivity contribution < 1.29 is 8.81 Å². The van der Waals surface area contributed by atoms with Crippen molar-refractivity contribution in [3.63, 3.8) is 0 Å². The van der Waals surface area contributed by atoms with Crippen LogP contribution in [0, 0.1) is 5.82 Å². The Morgan fingerprint density at radius 1 is 1.35 bits per heavy atom. The fraction of sp³-hybridized carbons (Fsp3) is 0.462. The highest BCUT2D eigenvalue weighted by molar-refractivity contribution is 7.99. The SMILES string of the molecule is CC(Sc1[nH]c(=O)ncc1F)c1ncc(C(C)(C)C)o1. The van der Waals surface area contributed by atoms with E-state index in [1.165, 1.54) is 0 Å². The van der Waals surface area contributed by atoms with Gasteiger partial charge in [0.25, 0.3) is 0 Å². The molecule has 2 aromatic rings. The van der Waals surface area contributed by atoms with Crippen LogP contribution in [0.3, 0.4) is 0 Å². The fourth-order valence-electron chi connectivity index (χ4n) is 1.50. The van der Waals surface area contributed by atoms with E-state index in [0.29, 0.717) is 5.89 Å². The van der Waals surface area contributed by atoms with E-state index in [4.69, 9.17) is 4.42 Å². The first-order valence-corrected chi connectivity index (χ1v) is 7.03. The molecule has 2 heterocycles. The number of rotatable bonds is 3. The van der Waals surface area contributed by atoms with Crippen LogP contribution in [0.1, 0.15) is 44.6 Å². The molecular weight excluding hydrogens is 281 g/mol. The molecule has 2 aromatic heterocycles. The number of H-pyrrole nitrogens is 1. The predicted molar refractivity (Wildman–Crippen MR) is 74.3 cm³/mol. The second-order valence-corrected chi connectivity index (χ2v) is 6.79. The normalized spacial score (nSPS) is 13.4. The van der Waals surface area contributed by atoms with Gasteiger partial charge in [-0.15, -0.1) is 0 Å². The quantitative estimate of drug-likeness (QED) is 0.696. The van der Waals surface area contributed by atoms with Gasteiger partial charge in [0.1, 0.15) is 10.8 Å². The van der Waals surface area contributed by atoms with Gasteiger partial charge in [-0.1, -0.05) is 32.5 Å². The zero-order chi connectivity index (χ0) is 14.9. The molecule has 0 amide bonds. The monoisotopic (exact) mass is 297 g/mol.